The molecule has 0 saturated carbocycles. The molecule has 0 radical (unpaired) electrons. The number of nitrogens with one attached hydrogen (secondary N) is 4. The molecule has 0 bridgehead atoms. The van der Waals surface area contributed by atoms with Gasteiger partial charge in [-0.05, 0) is 49.2 Å². The van der Waals surface area contributed by atoms with Gasteiger partial charge in [-0.1, -0.05) is 23.7 Å². The van der Waals surface area contributed by atoms with Gasteiger partial charge in [0, 0.05) is 29.4 Å². The van der Waals surface area contributed by atoms with Gasteiger partial charge in [-0.2, -0.15) is 0 Å². The van der Waals surface area contributed by atoms with E-state index in [9.17, 15) is 19.2 Å². The van der Waals surface area contributed by atoms with Crippen LogP contribution in [0.15, 0.2) is 42.5 Å². The van der Waals surface area contributed by atoms with Crippen molar-refractivity contribution in [1.82, 2.24) is 15.5 Å². The first-order valence-corrected chi connectivity index (χ1v) is 10.6. The van der Waals surface area contributed by atoms with Crippen molar-refractivity contribution >= 4 is 46.7 Å². The second kappa shape index (κ2) is 8.88. The SMILES string of the molecule is CC1Nc2cccc(CNC(=O)Nc3ccc(Cl)cc3)c2C(=O)N1C1CCC(=O)NC1=O. The molecule has 32 heavy (non-hydrogen) atoms. The van der Waals surface area contributed by atoms with Crippen molar-refractivity contribution in [2.24, 2.45) is 0 Å². The van der Waals surface area contributed by atoms with Crippen LogP contribution in [0.3, 0.4) is 0 Å². The number of halogens is 1. The van der Waals surface area contributed by atoms with Crippen LogP contribution in [0.25, 0.3) is 0 Å². The lowest BCUT2D eigenvalue weighted by Crippen LogP contribution is -2.60. The molecule has 2 aromatic carbocycles. The summed E-state index contributed by atoms with van der Waals surface area (Å²) in [5, 5.41) is 11.6. The normalized spacial score (nSPS) is 20.2. The van der Waals surface area contributed by atoms with E-state index in [1.165, 1.54) is 4.90 Å². The summed E-state index contributed by atoms with van der Waals surface area (Å²) in [6.45, 7) is 1.89. The molecular formula is C22H22ClN5O4. The number of nitrogens with zero attached hydrogens (tertiary/aromatic N) is 1. The van der Waals surface area contributed by atoms with Crippen molar-refractivity contribution in [2.45, 2.75) is 38.5 Å². The Morgan fingerprint density at radius 3 is 2.62 bits per heavy atom. The maximum atomic E-state index is 13.4. The maximum absolute atomic E-state index is 13.4. The lowest BCUT2D eigenvalue weighted by atomic mass is 9.97. The lowest BCUT2D eigenvalue weighted by molar-refractivity contribution is -0.137. The number of urea groups is 1. The summed E-state index contributed by atoms with van der Waals surface area (Å²) in [4.78, 5) is 51.1. The molecule has 2 atom stereocenters. The summed E-state index contributed by atoms with van der Waals surface area (Å²) < 4.78 is 0. The molecule has 5 amide bonds. The second-order valence-electron chi connectivity index (χ2n) is 7.65. The Kier molecular flexibility index (Phi) is 6.00. The van der Waals surface area contributed by atoms with E-state index < -0.39 is 24.1 Å². The Labute approximate surface area is 189 Å². The molecule has 166 valence electrons. The Morgan fingerprint density at radius 1 is 1.16 bits per heavy atom. The van der Waals surface area contributed by atoms with Gasteiger partial charge < -0.3 is 20.9 Å². The number of rotatable bonds is 4. The van der Waals surface area contributed by atoms with Crippen molar-refractivity contribution in [1.29, 1.82) is 0 Å². The van der Waals surface area contributed by atoms with Gasteiger partial charge in [0.2, 0.25) is 11.8 Å². The summed E-state index contributed by atoms with van der Waals surface area (Å²) in [7, 11) is 0. The van der Waals surface area contributed by atoms with E-state index in [0.29, 0.717) is 27.5 Å². The van der Waals surface area contributed by atoms with Gasteiger partial charge in [-0.3, -0.25) is 19.7 Å². The molecule has 0 aliphatic carbocycles. The van der Waals surface area contributed by atoms with Crippen LogP contribution in [0, 0.1) is 0 Å². The van der Waals surface area contributed by atoms with Crippen LogP contribution < -0.4 is 21.3 Å². The molecule has 2 aromatic rings. The van der Waals surface area contributed by atoms with E-state index in [-0.39, 0.29) is 31.2 Å². The summed E-state index contributed by atoms with van der Waals surface area (Å²) in [5.74, 6) is -1.14. The molecule has 2 unspecified atom stereocenters. The van der Waals surface area contributed by atoms with Crippen molar-refractivity contribution < 1.29 is 19.2 Å². The van der Waals surface area contributed by atoms with Gasteiger partial charge in [0.15, 0.2) is 0 Å². The van der Waals surface area contributed by atoms with Crippen molar-refractivity contribution in [3.05, 3.63) is 58.6 Å². The minimum atomic E-state index is -0.745. The minimum Gasteiger partial charge on any atom is -0.365 e. The van der Waals surface area contributed by atoms with Crippen molar-refractivity contribution in [3.8, 4) is 0 Å². The number of carbonyl (C=O) groups excluding carboxylic acids is 4. The van der Waals surface area contributed by atoms with Gasteiger partial charge >= 0.3 is 6.03 Å². The third-order valence-electron chi connectivity index (χ3n) is 5.47. The highest BCUT2D eigenvalue weighted by molar-refractivity contribution is 6.30. The summed E-state index contributed by atoms with van der Waals surface area (Å²) in [5.41, 5.74) is 2.21. The van der Waals surface area contributed by atoms with Gasteiger partial charge in [0.25, 0.3) is 5.91 Å². The highest BCUT2D eigenvalue weighted by Gasteiger charge is 2.41. The van der Waals surface area contributed by atoms with Crippen LogP contribution in [-0.2, 0) is 16.1 Å². The van der Waals surface area contributed by atoms with Crippen molar-refractivity contribution in [2.75, 3.05) is 10.6 Å². The molecule has 2 aliphatic rings. The number of piperidine rings is 1. The number of benzene rings is 2. The molecule has 2 aliphatic heterocycles. The fraction of sp³-hybridized carbons (Fsp3) is 0.273. The molecular weight excluding hydrogens is 434 g/mol. The maximum Gasteiger partial charge on any atom is 0.319 e. The van der Waals surface area contributed by atoms with E-state index in [1.807, 2.05) is 0 Å². The Morgan fingerprint density at radius 2 is 1.91 bits per heavy atom. The van der Waals surface area contributed by atoms with Crippen LogP contribution in [0.1, 0.15) is 35.7 Å². The first kappa shape index (κ1) is 21.6. The largest absolute Gasteiger partial charge is 0.365 e. The molecule has 1 fully saturated rings. The molecule has 4 N–H and O–H groups in total. The third-order valence-corrected chi connectivity index (χ3v) is 5.72. The predicted molar refractivity (Wildman–Crippen MR) is 119 cm³/mol. The number of anilines is 2. The molecule has 4 rings (SSSR count). The predicted octanol–water partition coefficient (Wildman–Crippen LogP) is 2.68. The molecule has 0 aromatic heterocycles. The zero-order valence-electron chi connectivity index (χ0n) is 17.3. The molecule has 2 heterocycles. The second-order valence-corrected chi connectivity index (χ2v) is 8.09. The van der Waals surface area contributed by atoms with Gasteiger partial charge in [-0.15, -0.1) is 0 Å². The number of fused-ring (bicyclic) bond motifs is 1. The summed E-state index contributed by atoms with van der Waals surface area (Å²) >= 11 is 5.85. The standard InChI is InChI=1S/C22H22ClN5O4/c1-12-25-16-4-2-3-13(11-24-22(32)26-15-7-5-14(23)6-8-15)19(16)21(31)28(12)17-9-10-18(29)27-20(17)30/h2-8,12,17,25H,9-11H2,1H3,(H2,24,26,32)(H,27,29,30). The van der Waals surface area contributed by atoms with Crippen LogP contribution in [0.2, 0.25) is 5.02 Å². The molecule has 0 spiro atoms. The fourth-order valence-corrected chi connectivity index (χ4v) is 4.09. The Bertz CT molecular complexity index is 1090. The summed E-state index contributed by atoms with van der Waals surface area (Å²) in [6.07, 6.45) is 0.00514. The molecule has 9 nitrogen and oxygen atoms in total. The van der Waals surface area contributed by atoms with Crippen LogP contribution in [-0.4, -0.2) is 40.9 Å². The zero-order valence-corrected chi connectivity index (χ0v) is 18.0. The smallest absolute Gasteiger partial charge is 0.319 e. The van der Waals surface area contributed by atoms with Crippen LogP contribution in [0.5, 0.6) is 0 Å². The van der Waals surface area contributed by atoms with E-state index >= 15 is 0 Å². The number of imide groups is 1. The van der Waals surface area contributed by atoms with Gasteiger partial charge in [0.05, 0.1) is 11.7 Å². The minimum absolute atomic E-state index is 0.105. The lowest BCUT2D eigenvalue weighted by Gasteiger charge is -2.41. The van der Waals surface area contributed by atoms with Crippen LogP contribution in [0.4, 0.5) is 16.2 Å². The van der Waals surface area contributed by atoms with Gasteiger partial charge in [0.1, 0.15) is 6.04 Å². The van der Waals surface area contributed by atoms with E-state index in [2.05, 4.69) is 21.3 Å². The highest BCUT2D eigenvalue weighted by Crippen LogP contribution is 2.31. The van der Waals surface area contributed by atoms with E-state index in [4.69, 9.17) is 11.6 Å². The average Bonchev–Trinajstić information content (AvgIpc) is 2.75. The van der Waals surface area contributed by atoms with Gasteiger partial charge in [-0.25, -0.2) is 4.79 Å². The van der Waals surface area contributed by atoms with Crippen LogP contribution >= 0.6 is 11.6 Å². The molecule has 1 saturated heterocycles. The third kappa shape index (κ3) is 4.38. The van der Waals surface area contributed by atoms with E-state index in [0.717, 1.165) is 0 Å². The zero-order chi connectivity index (χ0) is 22.8. The molecule has 10 heteroatoms. The average molecular weight is 456 g/mol. The monoisotopic (exact) mass is 455 g/mol. The quantitative estimate of drug-likeness (QED) is 0.528. The summed E-state index contributed by atoms with van der Waals surface area (Å²) in [6, 6.07) is 10.8. The number of hydrogen-bond acceptors (Lipinski definition) is 5. The number of amides is 5. The Balaban J connectivity index is 1.50. The van der Waals surface area contributed by atoms with Crippen molar-refractivity contribution in [3.63, 3.8) is 0 Å². The number of carbonyl (C=O) groups is 4. The topological polar surface area (TPSA) is 120 Å². The Hall–Kier alpha value is -3.59. The first-order valence-electron chi connectivity index (χ1n) is 10.2. The highest BCUT2D eigenvalue weighted by atomic mass is 35.5. The fourth-order valence-electron chi connectivity index (χ4n) is 3.96. The number of hydrogen-bond donors (Lipinski definition) is 4. The van der Waals surface area contributed by atoms with E-state index in [1.54, 1.807) is 49.4 Å². The first-order chi connectivity index (χ1) is 15.3.